The van der Waals surface area contributed by atoms with Gasteiger partial charge in [0.15, 0.2) is 0 Å². The molecule has 3 rings (SSSR count). The summed E-state index contributed by atoms with van der Waals surface area (Å²) in [4.78, 5) is 12.4. The standard InChI is InChI=1S/C18H24N4O.ClH/c1-13-9-14(2)22(21-13)12-15-5-3-6-16(10-15)18(23)20-17-7-4-8-19-11-17;/h3,5-6,9-10,17,19H,4,7-8,11-12H2,1-2H3,(H,20,23);1H/t17-;/m0./s1. The summed E-state index contributed by atoms with van der Waals surface area (Å²) in [6.45, 7) is 6.63. The Morgan fingerprint density at radius 1 is 1.38 bits per heavy atom. The van der Waals surface area contributed by atoms with Gasteiger partial charge in [-0.15, -0.1) is 12.4 Å². The Labute approximate surface area is 149 Å². The Balaban J connectivity index is 0.00000208. The number of amides is 1. The van der Waals surface area contributed by atoms with Gasteiger partial charge in [0.1, 0.15) is 0 Å². The van der Waals surface area contributed by atoms with Crippen LogP contribution in [-0.2, 0) is 6.54 Å². The maximum Gasteiger partial charge on any atom is 0.251 e. The summed E-state index contributed by atoms with van der Waals surface area (Å²) in [5, 5.41) is 10.9. The highest BCUT2D eigenvalue weighted by atomic mass is 35.5. The van der Waals surface area contributed by atoms with Gasteiger partial charge in [0.25, 0.3) is 5.91 Å². The van der Waals surface area contributed by atoms with Crippen molar-refractivity contribution in [3.8, 4) is 0 Å². The van der Waals surface area contributed by atoms with Crippen LogP contribution in [0.5, 0.6) is 0 Å². The molecular formula is C18H25ClN4O. The van der Waals surface area contributed by atoms with Crippen LogP contribution in [0.4, 0.5) is 0 Å². The molecule has 1 fully saturated rings. The van der Waals surface area contributed by atoms with E-state index in [-0.39, 0.29) is 24.4 Å². The second-order valence-electron chi connectivity index (χ2n) is 6.30. The lowest BCUT2D eigenvalue weighted by atomic mass is 10.1. The van der Waals surface area contributed by atoms with Gasteiger partial charge in [0, 0.05) is 23.8 Å². The lowest BCUT2D eigenvalue weighted by molar-refractivity contribution is 0.0930. The summed E-state index contributed by atoms with van der Waals surface area (Å²) in [6.07, 6.45) is 2.16. The Kier molecular flexibility index (Phi) is 6.40. The van der Waals surface area contributed by atoms with Crippen LogP contribution in [0, 0.1) is 13.8 Å². The highest BCUT2D eigenvalue weighted by Crippen LogP contribution is 2.11. The van der Waals surface area contributed by atoms with Gasteiger partial charge >= 0.3 is 0 Å². The van der Waals surface area contributed by atoms with Crippen molar-refractivity contribution < 1.29 is 4.79 Å². The molecule has 1 saturated heterocycles. The number of hydrogen-bond acceptors (Lipinski definition) is 3. The highest BCUT2D eigenvalue weighted by Gasteiger charge is 2.16. The van der Waals surface area contributed by atoms with E-state index in [0.717, 1.165) is 48.4 Å². The molecule has 24 heavy (non-hydrogen) atoms. The number of aromatic nitrogens is 2. The van der Waals surface area contributed by atoms with Gasteiger partial charge in [0.2, 0.25) is 0 Å². The molecular weight excluding hydrogens is 324 g/mol. The highest BCUT2D eigenvalue weighted by molar-refractivity contribution is 5.94. The largest absolute Gasteiger partial charge is 0.348 e. The van der Waals surface area contributed by atoms with Gasteiger partial charge in [-0.05, 0) is 57.0 Å². The monoisotopic (exact) mass is 348 g/mol. The molecule has 2 aromatic rings. The molecule has 130 valence electrons. The molecule has 0 radical (unpaired) electrons. The third-order valence-corrected chi connectivity index (χ3v) is 4.26. The Hall–Kier alpha value is -1.85. The van der Waals surface area contributed by atoms with Gasteiger partial charge < -0.3 is 10.6 Å². The van der Waals surface area contributed by atoms with Crippen molar-refractivity contribution >= 4 is 18.3 Å². The van der Waals surface area contributed by atoms with E-state index < -0.39 is 0 Å². The quantitative estimate of drug-likeness (QED) is 0.892. The smallest absolute Gasteiger partial charge is 0.251 e. The van der Waals surface area contributed by atoms with Crippen LogP contribution in [-0.4, -0.2) is 34.8 Å². The first-order valence-electron chi connectivity index (χ1n) is 8.23. The molecule has 0 unspecified atom stereocenters. The van der Waals surface area contributed by atoms with Crippen molar-refractivity contribution in [3.05, 3.63) is 52.8 Å². The number of carbonyl (C=O) groups is 1. The third kappa shape index (κ3) is 4.58. The predicted octanol–water partition coefficient (Wildman–Crippen LogP) is 2.45. The summed E-state index contributed by atoms with van der Waals surface area (Å²) in [5.41, 5.74) is 3.95. The van der Waals surface area contributed by atoms with Crippen molar-refractivity contribution in [2.24, 2.45) is 0 Å². The maximum absolute atomic E-state index is 12.4. The van der Waals surface area contributed by atoms with Crippen LogP contribution in [0.1, 0.15) is 40.2 Å². The van der Waals surface area contributed by atoms with E-state index in [4.69, 9.17) is 0 Å². The molecule has 5 nitrogen and oxygen atoms in total. The molecule has 0 bridgehead atoms. The number of nitrogens with one attached hydrogen (secondary N) is 2. The molecule has 1 aliphatic heterocycles. The number of carbonyl (C=O) groups excluding carboxylic acids is 1. The fourth-order valence-electron chi connectivity index (χ4n) is 3.06. The van der Waals surface area contributed by atoms with Crippen molar-refractivity contribution in [1.29, 1.82) is 0 Å². The number of rotatable bonds is 4. The Bertz CT molecular complexity index is 692. The summed E-state index contributed by atoms with van der Waals surface area (Å²) in [7, 11) is 0. The second-order valence-corrected chi connectivity index (χ2v) is 6.30. The average Bonchev–Trinajstić information content (AvgIpc) is 2.86. The van der Waals surface area contributed by atoms with E-state index in [9.17, 15) is 4.79 Å². The first-order chi connectivity index (χ1) is 11.1. The molecule has 0 aliphatic carbocycles. The maximum atomic E-state index is 12.4. The minimum atomic E-state index is 0. The molecule has 2 N–H and O–H groups in total. The lowest BCUT2D eigenvalue weighted by Gasteiger charge is -2.23. The van der Waals surface area contributed by atoms with Crippen LogP contribution >= 0.6 is 12.4 Å². The number of halogens is 1. The topological polar surface area (TPSA) is 59.0 Å². The molecule has 6 heteroatoms. The number of hydrogen-bond donors (Lipinski definition) is 2. The second kappa shape index (κ2) is 8.31. The van der Waals surface area contributed by atoms with Gasteiger partial charge in [-0.25, -0.2) is 0 Å². The molecule has 1 aliphatic rings. The SMILES string of the molecule is Cc1cc(C)n(Cc2cccc(C(=O)N[C@H]3CCCNC3)c2)n1.Cl. The first kappa shape index (κ1) is 18.5. The number of nitrogens with zero attached hydrogens (tertiary/aromatic N) is 2. The normalized spacial score (nSPS) is 17.2. The molecule has 2 heterocycles. The molecule has 0 saturated carbocycles. The van der Waals surface area contributed by atoms with Crippen LogP contribution in [0.3, 0.4) is 0 Å². The summed E-state index contributed by atoms with van der Waals surface area (Å²) in [5.74, 6) is 0.00826. The fourth-order valence-corrected chi connectivity index (χ4v) is 3.06. The van der Waals surface area contributed by atoms with E-state index >= 15 is 0 Å². The molecule has 1 aromatic carbocycles. The molecule has 1 atom stereocenters. The Morgan fingerprint density at radius 3 is 2.88 bits per heavy atom. The molecule has 1 amide bonds. The van der Waals surface area contributed by atoms with Crippen LogP contribution in [0.15, 0.2) is 30.3 Å². The number of piperidine rings is 1. The van der Waals surface area contributed by atoms with E-state index in [1.165, 1.54) is 0 Å². The molecule has 0 spiro atoms. The minimum Gasteiger partial charge on any atom is -0.348 e. The Morgan fingerprint density at radius 2 is 2.21 bits per heavy atom. The van der Waals surface area contributed by atoms with Gasteiger partial charge in [0.05, 0.1) is 12.2 Å². The van der Waals surface area contributed by atoms with Crippen molar-refractivity contribution in [2.75, 3.05) is 13.1 Å². The fraction of sp³-hybridized carbons (Fsp3) is 0.444. The van der Waals surface area contributed by atoms with E-state index in [2.05, 4.69) is 21.8 Å². The van der Waals surface area contributed by atoms with Gasteiger partial charge in [-0.1, -0.05) is 12.1 Å². The summed E-state index contributed by atoms with van der Waals surface area (Å²) >= 11 is 0. The van der Waals surface area contributed by atoms with E-state index in [1.54, 1.807) is 0 Å². The number of aryl methyl sites for hydroxylation is 2. The van der Waals surface area contributed by atoms with Gasteiger partial charge in [-0.2, -0.15) is 5.10 Å². The average molecular weight is 349 g/mol. The summed E-state index contributed by atoms with van der Waals surface area (Å²) < 4.78 is 1.97. The zero-order chi connectivity index (χ0) is 16.2. The van der Waals surface area contributed by atoms with Crippen LogP contribution in [0.2, 0.25) is 0 Å². The molecule has 1 aromatic heterocycles. The summed E-state index contributed by atoms with van der Waals surface area (Å²) in [6, 6.07) is 10.1. The van der Waals surface area contributed by atoms with Crippen LogP contribution in [0.25, 0.3) is 0 Å². The van der Waals surface area contributed by atoms with Crippen molar-refractivity contribution in [3.63, 3.8) is 0 Å². The van der Waals surface area contributed by atoms with Crippen LogP contribution < -0.4 is 10.6 Å². The lowest BCUT2D eigenvalue weighted by Crippen LogP contribution is -2.45. The van der Waals surface area contributed by atoms with E-state index in [1.807, 2.05) is 42.8 Å². The zero-order valence-electron chi connectivity index (χ0n) is 14.2. The zero-order valence-corrected chi connectivity index (χ0v) is 15.0. The van der Waals surface area contributed by atoms with Crippen molar-refractivity contribution in [1.82, 2.24) is 20.4 Å². The van der Waals surface area contributed by atoms with Crippen molar-refractivity contribution in [2.45, 2.75) is 39.3 Å². The third-order valence-electron chi connectivity index (χ3n) is 4.26. The van der Waals surface area contributed by atoms with E-state index in [0.29, 0.717) is 6.54 Å². The first-order valence-corrected chi connectivity index (χ1v) is 8.23. The van der Waals surface area contributed by atoms with Gasteiger partial charge in [-0.3, -0.25) is 9.48 Å². The number of benzene rings is 1. The predicted molar refractivity (Wildman–Crippen MR) is 97.9 cm³/mol. The minimum absolute atomic E-state index is 0.